The van der Waals surface area contributed by atoms with Gasteiger partial charge in [0.15, 0.2) is 0 Å². The Labute approximate surface area is 167 Å². The lowest BCUT2D eigenvalue weighted by molar-refractivity contribution is -0.115. The van der Waals surface area contributed by atoms with Crippen LogP contribution in [0.15, 0.2) is 36.4 Å². The Kier molecular flexibility index (Phi) is 6.11. The molecule has 0 bridgehead atoms. The first-order valence-electron chi connectivity index (χ1n) is 9.06. The molecule has 1 amide bonds. The molecule has 0 radical (unpaired) electrons. The quantitative estimate of drug-likeness (QED) is 0.777. The number of ether oxygens (including phenoxy) is 2. The van der Waals surface area contributed by atoms with Gasteiger partial charge >= 0.3 is 11.9 Å². The van der Waals surface area contributed by atoms with E-state index in [0.29, 0.717) is 6.54 Å². The summed E-state index contributed by atoms with van der Waals surface area (Å²) in [5.74, 6) is -1.92. The minimum absolute atomic E-state index is 0.0502. The maximum atomic E-state index is 13.5. The standard InChI is InChI=1S/C21H21FN2O5/c1-28-20(26)14-8-15(21(27)29-2)11-17(10-14)23-19(25)12-24-7-3-4-13-9-16(22)5-6-18(13)24/h5-6,8-11H,3-4,7,12H2,1-2H3,(H,23,25). The van der Waals surface area contributed by atoms with Crippen molar-refractivity contribution < 1.29 is 28.2 Å². The molecule has 0 aliphatic carbocycles. The van der Waals surface area contributed by atoms with Gasteiger partial charge in [-0.1, -0.05) is 0 Å². The summed E-state index contributed by atoms with van der Waals surface area (Å²) >= 11 is 0. The van der Waals surface area contributed by atoms with Crippen LogP contribution in [-0.4, -0.2) is 45.2 Å². The molecule has 0 aromatic heterocycles. The summed E-state index contributed by atoms with van der Waals surface area (Å²) in [6.07, 6.45) is 1.57. The van der Waals surface area contributed by atoms with Crippen LogP contribution in [0.4, 0.5) is 15.8 Å². The second-order valence-corrected chi connectivity index (χ2v) is 6.63. The van der Waals surface area contributed by atoms with Gasteiger partial charge in [-0.15, -0.1) is 0 Å². The molecule has 1 aliphatic heterocycles. The molecule has 1 heterocycles. The highest BCUT2D eigenvalue weighted by Gasteiger charge is 2.20. The van der Waals surface area contributed by atoms with Crippen molar-refractivity contribution in [1.29, 1.82) is 0 Å². The highest BCUT2D eigenvalue weighted by atomic mass is 19.1. The van der Waals surface area contributed by atoms with E-state index in [4.69, 9.17) is 9.47 Å². The summed E-state index contributed by atoms with van der Waals surface area (Å²) < 4.78 is 22.8. The number of nitrogens with one attached hydrogen (secondary N) is 1. The number of aryl methyl sites for hydroxylation is 1. The average molecular weight is 400 g/mol. The molecule has 2 aromatic rings. The number of anilines is 2. The molecule has 0 unspecified atom stereocenters. The van der Waals surface area contributed by atoms with Crippen LogP contribution in [0.2, 0.25) is 0 Å². The first-order valence-corrected chi connectivity index (χ1v) is 9.06. The number of carbonyl (C=O) groups is 3. The number of nitrogens with zero attached hydrogens (tertiary/aromatic N) is 1. The molecule has 29 heavy (non-hydrogen) atoms. The fourth-order valence-electron chi connectivity index (χ4n) is 3.35. The van der Waals surface area contributed by atoms with Crippen LogP contribution in [-0.2, 0) is 20.7 Å². The van der Waals surface area contributed by atoms with Crippen molar-refractivity contribution in [1.82, 2.24) is 0 Å². The second kappa shape index (κ2) is 8.72. The lowest BCUT2D eigenvalue weighted by Gasteiger charge is -2.30. The Morgan fingerprint density at radius 2 is 1.69 bits per heavy atom. The van der Waals surface area contributed by atoms with E-state index in [1.54, 1.807) is 6.07 Å². The number of amides is 1. The van der Waals surface area contributed by atoms with Crippen LogP contribution in [0.25, 0.3) is 0 Å². The van der Waals surface area contributed by atoms with Crippen LogP contribution in [0.5, 0.6) is 0 Å². The molecule has 8 heteroatoms. The maximum Gasteiger partial charge on any atom is 0.337 e. The predicted molar refractivity (Wildman–Crippen MR) is 105 cm³/mol. The van der Waals surface area contributed by atoms with Gasteiger partial charge in [0.1, 0.15) is 5.82 Å². The van der Waals surface area contributed by atoms with Gasteiger partial charge in [-0.3, -0.25) is 4.79 Å². The van der Waals surface area contributed by atoms with E-state index >= 15 is 0 Å². The zero-order chi connectivity index (χ0) is 21.0. The van der Waals surface area contributed by atoms with Gasteiger partial charge in [-0.25, -0.2) is 14.0 Å². The largest absolute Gasteiger partial charge is 0.465 e. The van der Waals surface area contributed by atoms with E-state index in [1.807, 2.05) is 4.90 Å². The van der Waals surface area contributed by atoms with E-state index in [1.165, 1.54) is 44.6 Å². The van der Waals surface area contributed by atoms with Gasteiger partial charge in [0.2, 0.25) is 5.91 Å². The van der Waals surface area contributed by atoms with E-state index in [9.17, 15) is 18.8 Å². The Morgan fingerprint density at radius 3 is 2.31 bits per heavy atom. The van der Waals surface area contributed by atoms with E-state index in [0.717, 1.165) is 24.1 Å². The third-order valence-corrected chi connectivity index (χ3v) is 4.65. The van der Waals surface area contributed by atoms with Gasteiger partial charge in [0.05, 0.1) is 31.9 Å². The monoisotopic (exact) mass is 400 g/mol. The Bertz CT molecular complexity index is 926. The van der Waals surface area contributed by atoms with Gasteiger partial charge in [0.25, 0.3) is 0 Å². The molecule has 3 rings (SSSR count). The molecule has 1 aliphatic rings. The summed E-state index contributed by atoms with van der Waals surface area (Å²) in [6.45, 7) is 0.719. The summed E-state index contributed by atoms with van der Waals surface area (Å²) in [5.41, 5.74) is 2.19. The Balaban J connectivity index is 1.79. The van der Waals surface area contributed by atoms with Crippen LogP contribution in [0, 0.1) is 5.82 Å². The zero-order valence-corrected chi connectivity index (χ0v) is 16.2. The fraction of sp³-hybridized carbons (Fsp3) is 0.286. The Morgan fingerprint density at radius 1 is 1.03 bits per heavy atom. The summed E-state index contributed by atoms with van der Waals surface area (Å²) in [4.78, 5) is 38.2. The number of benzene rings is 2. The molecular formula is C21H21FN2O5. The first-order chi connectivity index (χ1) is 13.9. The van der Waals surface area contributed by atoms with Crippen molar-refractivity contribution in [2.75, 3.05) is 37.5 Å². The van der Waals surface area contributed by atoms with E-state index < -0.39 is 11.9 Å². The Hall–Kier alpha value is -3.42. The summed E-state index contributed by atoms with van der Waals surface area (Å²) in [5, 5.41) is 2.70. The average Bonchev–Trinajstić information content (AvgIpc) is 2.72. The van der Waals surface area contributed by atoms with Crippen molar-refractivity contribution in [3.8, 4) is 0 Å². The number of esters is 2. The SMILES string of the molecule is COC(=O)c1cc(NC(=O)CN2CCCc3cc(F)ccc32)cc(C(=O)OC)c1. The number of hydrogen-bond donors (Lipinski definition) is 1. The van der Waals surface area contributed by atoms with Gasteiger partial charge in [0, 0.05) is 17.9 Å². The molecule has 0 saturated heterocycles. The molecule has 2 aromatic carbocycles. The van der Waals surface area contributed by atoms with Crippen molar-refractivity contribution in [3.05, 3.63) is 58.9 Å². The van der Waals surface area contributed by atoms with Crippen LogP contribution >= 0.6 is 0 Å². The maximum absolute atomic E-state index is 13.5. The molecular weight excluding hydrogens is 379 g/mol. The highest BCUT2D eigenvalue weighted by Crippen LogP contribution is 2.27. The normalized spacial score (nSPS) is 12.7. The van der Waals surface area contributed by atoms with E-state index in [2.05, 4.69) is 5.32 Å². The molecule has 0 spiro atoms. The molecule has 0 fully saturated rings. The number of fused-ring (bicyclic) bond motifs is 1. The number of hydrogen-bond acceptors (Lipinski definition) is 6. The van der Waals surface area contributed by atoms with E-state index in [-0.39, 0.29) is 35.1 Å². The smallest absolute Gasteiger partial charge is 0.337 e. The van der Waals surface area contributed by atoms with Crippen LogP contribution < -0.4 is 10.2 Å². The molecule has 7 nitrogen and oxygen atoms in total. The zero-order valence-electron chi connectivity index (χ0n) is 16.2. The number of rotatable bonds is 5. The second-order valence-electron chi connectivity index (χ2n) is 6.63. The predicted octanol–water partition coefficient (Wildman–Crippen LogP) is 2.79. The van der Waals surface area contributed by atoms with Crippen molar-refractivity contribution in [2.24, 2.45) is 0 Å². The molecule has 1 N–H and O–H groups in total. The minimum Gasteiger partial charge on any atom is -0.465 e. The number of methoxy groups -OCH3 is 2. The van der Waals surface area contributed by atoms with Crippen LogP contribution in [0.1, 0.15) is 32.7 Å². The topological polar surface area (TPSA) is 84.9 Å². The molecule has 0 saturated carbocycles. The van der Waals surface area contributed by atoms with Gasteiger partial charge < -0.3 is 19.7 Å². The highest BCUT2D eigenvalue weighted by molar-refractivity contribution is 6.00. The third-order valence-electron chi connectivity index (χ3n) is 4.65. The van der Waals surface area contributed by atoms with Gasteiger partial charge in [-0.2, -0.15) is 0 Å². The minimum atomic E-state index is -0.641. The van der Waals surface area contributed by atoms with Crippen molar-refractivity contribution >= 4 is 29.2 Å². The fourth-order valence-corrected chi connectivity index (χ4v) is 3.35. The summed E-state index contributed by atoms with van der Waals surface area (Å²) in [6, 6.07) is 8.72. The van der Waals surface area contributed by atoms with Crippen molar-refractivity contribution in [3.63, 3.8) is 0 Å². The first kappa shape index (κ1) is 20.3. The molecule has 0 atom stereocenters. The third kappa shape index (κ3) is 4.71. The lowest BCUT2D eigenvalue weighted by atomic mass is 10.0. The van der Waals surface area contributed by atoms with Gasteiger partial charge in [-0.05, 0) is 54.8 Å². The van der Waals surface area contributed by atoms with Crippen molar-refractivity contribution in [2.45, 2.75) is 12.8 Å². The number of carbonyl (C=O) groups excluding carboxylic acids is 3. The summed E-state index contributed by atoms with van der Waals surface area (Å²) in [7, 11) is 2.45. The number of halogens is 1. The lowest BCUT2D eigenvalue weighted by Crippen LogP contribution is -2.36. The van der Waals surface area contributed by atoms with Crippen LogP contribution in [0.3, 0.4) is 0 Å². The molecule has 152 valence electrons.